The molecule has 4 nitrogen and oxygen atoms in total. The highest BCUT2D eigenvalue weighted by Crippen LogP contribution is 2.11. The molecule has 2 N–H and O–H groups in total. The predicted molar refractivity (Wildman–Crippen MR) is 81.1 cm³/mol. The standard InChI is InChI=1S/C14H17BrN4/c1-16-10-14-18-9-7-13(19-14)17-8-6-11-2-4-12(15)5-3-11/h2-5,7,9,16H,6,8,10H2,1H3,(H,17,18,19). The Kier molecular flexibility index (Phi) is 5.30. The number of hydrogen-bond acceptors (Lipinski definition) is 4. The maximum atomic E-state index is 4.42. The smallest absolute Gasteiger partial charge is 0.144 e. The van der Waals surface area contributed by atoms with Crippen molar-refractivity contribution in [3.8, 4) is 0 Å². The van der Waals surface area contributed by atoms with Gasteiger partial charge in [0, 0.05) is 17.2 Å². The molecule has 19 heavy (non-hydrogen) atoms. The van der Waals surface area contributed by atoms with Crippen molar-refractivity contribution in [2.45, 2.75) is 13.0 Å². The maximum Gasteiger partial charge on any atom is 0.144 e. The van der Waals surface area contributed by atoms with Gasteiger partial charge in [0.05, 0.1) is 6.54 Å². The van der Waals surface area contributed by atoms with Crippen molar-refractivity contribution in [1.29, 1.82) is 0 Å². The van der Waals surface area contributed by atoms with E-state index in [4.69, 9.17) is 0 Å². The van der Waals surface area contributed by atoms with Gasteiger partial charge in [-0.1, -0.05) is 28.1 Å². The molecule has 2 rings (SSSR count). The number of aromatic nitrogens is 2. The summed E-state index contributed by atoms with van der Waals surface area (Å²) >= 11 is 3.43. The molecule has 0 aliphatic rings. The Morgan fingerprint density at radius 1 is 1.16 bits per heavy atom. The Morgan fingerprint density at radius 2 is 1.95 bits per heavy atom. The summed E-state index contributed by atoms with van der Waals surface area (Å²) in [6.45, 7) is 1.54. The van der Waals surface area contributed by atoms with E-state index in [0.717, 1.165) is 29.1 Å². The van der Waals surface area contributed by atoms with E-state index in [0.29, 0.717) is 6.54 Å². The van der Waals surface area contributed by atoms with Crippen LogP contribution in [-0.4, -0.2) is 23.6 Å². The normalized spacial score (nSPS) is 10.4. The number of halogens is 1. The van der Waals surface area contributed by atoms with Gasteiger partial charge in [0.25, 0.3) is 0 Å². The van der Waals surface area contributed by atoms with E-state index in [2.05, 4.69) is 60.8 Å². The zero-order valence-electron chi connectivity index (χ0n) is 10.9. The molecular formula is C14H17BrN4. The van der Waals surface area contributed by atoms with E-state index < -0.39 is 0 Å². The molecule has 0 saturated heterocycles. The van der Waals surface area contributed by atoms with Gasteiger partial charge in [0.1, 0.15) is 11.6 Å². The molecule has 0 spiro atoms. The molecule has 100 valence electrons. The quantitative estimate of drug-likeness (QED) is 0.859. The summed E-state index contributed by atoms with van der Waals surface area (Å²) in [4.78, 5) is 8.60. The molecule has 1 aromatic carbocycles. The van der Waals surface area contributed by atoms with Crippen molar-refractivity contribution >= 4 is 21.7 Å². The Bertz CT molecular complexity index is 513. The van der Waals surface area contributed by atoms with Crippen molar-refractivity contribution in [2.24, 2.45) is 0 Å². The second-order valence-corrected chi connectivity index (χ2v) is 5.11. The van der Waals surface area contributed by atoms with Gasteiger partial charge in [-0.25, -0.2) is 9.97 Å². The molecule has 1 aromatic heterocycles. The van der Waals surface area contributed by atoms with E-state index in [1.54, 1.807) is 6.20 Å². The van der Waals surface area contributed by atoms with Gasteiger partial charge < -0.3 is 10.6 Å². The van der Waals surface area contributed by atoms with Crippen LogP contribution in [0.25, 0.3) is 0 Å². The monoisotopic (exact) mass is 320 g/mol. The summed E-state index contributed by atoms with van der Waals surface area (Å²) in [6, 6.07) is 10.3. The van der Waals surface area contributed by atoms with E-state index in [1.807, 2.05) is 13.1 Å². The molecule has 0 atom stereocenters. The lowest BCUT2D eigenvalue weighted by molar-refractivity contribution is 0.758. The number of hydrogen-bond donors (Lipinski definition) is 2. The number of benzene rings is 1. The van der Waals surface area contributed by atoms with Crippen LogP contribution < -0.4 is 10.6 Å². The van der Waals surface area contributed by atoms with Crippen LogP contribution in [0.3, 0.4) is 0 Å². The van der Waals surface area contributed by atoms with Gasteiger partial charge in [-0.3, -0.25) is 0 Å². The van der Waals surface area contributed by atoms with Crippen LogP contribution in [0.1, 0.15) is 11.4 Å². The lowest BCUT2D eigenvalue weighted by Gasteiger charge is -2.07. The van der Waals surface area contributed by atoms with Crippen molar-refractivity contribution in [1.82, 2.24) is 15.3 Å². The third-order valence-corrected chi connectivity index (χ3v) is 3.20. The first-order chi connectivity index (χ1) is 9.28. The van der Waals surface area contributed by atoms with E-state index in [1.165, 1.54) is 5.56 Å². The summed E-state index contributed by atoms with van der Waals surface area (Å²) < 4.78 is 1.11. The van der Waals surface area contributed by atoms with Gasteiger partial charge in [-0.05, 0) is 37.2 Å². The fourth-order valence-electron chi connectivity index (χ4n) is 1.73. The minimum absolute atomic E-state index is 0.683. The number of nitrogens with zero attached hydrogens (tertiary/aromatic N) is 2. The lowest BCUT2D eigenvalue weighted by Crippen LogP contribution is -2.11. The SMILES string of the molecule is CNCc1nccc(NCCc2ccc(Br)cc2)n1. The molecule has 0 fully saturated rings. The van der Waals surface area contributed by atoms with Gasteiger partial charge in [0.15, 0.2) is 0 Å². The highest BCUT2D eigenvalue weighted by molar-refractivity contribution is 9.10. The summed E-state index contributed by atoms with van der Waals surface area (Å²) in [5, 5.41) is 6.36. The highest BCUT2D eigenvalue weighted by Gasteiger charge is 1.98. The molecule has 0 bridgehead atoms. The Morgan fingerprint density at radius 3 is 2.68 bits per heavy atom. The average Bonchev–Trinajstić information content (AvgIpc) is 2.42. The zero-order valence-corrected chi connectivity index (χ0v) is 12.4. The largest absolute Gasteiger partial charge is 0.370 e. The van der Waals surface area contributed by atoms with Crippen molar-refractivity contribution < 1.29 is 0 Å². The van der Waals surface area contributed by atoms with Crippen LogP contribution in [0.5, 0.6) is 0 Å². The predicted octanol–water partition coefficient (Wildman–Crippen LogP) is 2.61. The van der Waals surface area contributed by atoms with Gasteiger partial charge in [-0.2, -0.15) is 0 Å². The molecule has 0 aliphatic heterocycles. The number of rotatable bonds is 6. The Labute approximate surface area is 121 Å². The molecule has 0 radical (unpaired) electrons. The Hall–Kier alpha value is -1.46. The summed E-state index contributed by atoms with van der Waals surface area (Å²) in [7, 11) is 1.89. The third-order valence-electron chi connectivity index (χ3n) is 2.67. The summed E-state index contributed by atoms with van der Waals surface area (Å²) in [5.41, 5.74) is 1.31. The fraction of sp³-hybridized carbons (Fsp3) is 0.286. The van der Waals surface area contributed by atoms with Crippen LogP contribution in [-0.2, 0) is 13.0 Å². The highest BCUT2D eigenvalue weighted by atomic mass is 79.9. The van der Waals surface area contributed by atoms with E-state index >= 15 is 0 Å². The van der Waals surface area contributed by atoms with Gasteiger partial charge in [-0.15, -0.1) is 0 Å². The van der Waals surface area contributed by atoms with Crippen LogP contribution in [0.2, 0.25) is 0 Å². The number of anilines is 1. The molecule has 2 aromatic rings. The second kappa shape index (κ2) is 7.21. The summed E-state index contributed by atoms with van der Waals surface area (Å²) in [6.07, 6.45) is 2.75. The first-order valence-corrected chi connectivity index (χ1v) is 7.02. The second-order valence-electron chi connectivity index (χ2n) is 4.19. The molecular weight excluding hydrogens is 304 g/mol. The van der Waals surface area contributed by atoms with Crippen molar-refractivity contribution in [3.05, 3.63) is 52.4 Å². The third kappa shape index (κ3) is 4.61. The van der Waals surface area contributed by atoms with E-state index in [-0.39, 0.29) is 0 Å². The Balaban J connectivity index is 1.85. The fourth-order valence-corrected chi connectivity index (χ4v) is 1.99. The lowest BCUT2D eigenvalue weighted by atomic mass is 10.1. The van der Waals surface area contributed by atoms with Crippen LogP contribution in [0, 0.1) is 0 Å². The van der Waals surface area contributed by atoms with Crippen LogP contribution in [0.4, 0.5) is 5.82 Å². The molecule has 0 unspecified atom stereocenters. The molecule has 0 amide bonds. The molecule has 5 heteroatoms. The van der Waals surface area contributed by atoms with Gasteiger partial charge in [0.2, 0.25) is 0 Å². The molecule has 0 saturated carbocycles. The number of nitrogens with one attached hydrogen (secondary N) is 2. The first-order valence-electron chi connectivity index (χ1n) is 6.23. The van der Waals surface area contributed by atoms with E-state index in [9.17, 15) is 0 Å². The topological polar surface area (TPSA) is 49.8 Å². The molecule has 1 heterocycles. The van der Waals surface area contributed by atoms with Crippen molar-refractivity contribution in [3.63, 3.8) is 0 Å². The van der Waals surface area contributed by atoms with Crippen molar-refractivity contribution in [2.75, 3.05) is 18.9 Å². The minimum atomic E-state index is 0.683. The van der Waals surface area contributed by atoms with Crippen LogP contribution >= 0.6 is 15.9 Å². The van der Waals surface area contributed by atoms with Crippen LogP contribution in [0.15, 0.2) is 41.0 Å². The maximum absolute atomic E-state index is 4.42. The molecule has 0 aliphatic carbocycles. The van der Waals surface area contributed by atoms with Gasteiger partial charge >= 0.3 is 0 Å². The summed E-state index contributed by atoms with van der Waals surface area (Å²) in [5.74, 6) is 1.67. The average molecular weight is 321 g/mol. The zero-order chi connectivity index (χ0) is 13.5. The first kappa shape index (κ1) is 14.0. The minimum Gasteiger partial charge on any atom is -0.370 e.